The predicted molar refractivity (Wildman–Crippen MR) is 40.5 cm³/mol. The SMILES string of the molecule is Cc1noc(N=CN)c1C(=O)O. The molecule has 0 saturated carbocycles. The van der Waals surface area contributed by atoms with Gasteiger partial charge >= 0.3 is 5.97 Å². The van der Waals surface area contributed by atoms with Gasteiger partial charge in [0.15, 0.2) is 0 Å². The quantitative estimate of drug-likeness (QED) is 0.489. The maximum absolute atomic E-state index is 10.6. The van der Waals surface area contributed by atoms with Crippen LogP contribution in [0.15, 0.2) is 9.52 Å². The Hall–Kier alpha value is -1.85. The number of nitrogens with zero attached hydrogens (tertiary/aromatic N) is 2. The summed E-state index contributed by atoms with van der Waals surface area (Å²) in [5, 5.41) is 12.1. The first-order chi connectivity index (χ1) is 5.66. The third kappa shape index (κ3) is 1.26. The summed E-state index contributed by atoms with van der Waals surface area (Å²) in [4.78, 5) is 14.1. The fraction of sp³-hybridized carbons (Fsp3) is 0.167. The molecule has 0 fully saturated rings. The molecule has 0 saturated heterocycles. The van der Waals surface area contributed by atoms with Gasteiger partial charge in [-0.05, 0) is 6.92 Å². The van der Waals surface area contributed by atoms with Crippen molar-refractivity contribution in [3.8, 4) is 0 Å². The Morgan fingerprint density at radius 3 is 3.00 bits per heavy atom. The second-order valence-electron chi connectivity index (χ2n) is 2.03. The number of carboxylic acids is 1. The average Bonchev–Trinajstić information content (AvgIpc) is 2.32. The third-order valence-electron chi connectivity index (χ3n) is 1.25. The van der Waals surface area contributed by atoms with Crippen molar-refractivity contribution in [3.63, 3.8) is 0 Å². The number of hydrogen-bond donors (Lipinski definition) is 2. The van der Waals surface area contributed by atoms with Crippen LogP contribution in [0.1, 0.15) is 16.1 Å². The summed E-state index contributed by atoms with van der Waals surface area (Å²) in [7, 11) is 0. The van der Waals surface area contributed by atoms with Crippen molar-refractivity contribution in [2.45, 2.75) is 6.92 Å². The van der Waals surface area contributed by atoms with E-state index in [4.69, 9.17) is 10.8 Å². The Labute approximate surface area is 67.7 Å². The third-order valence-corrected chi connectivity index (χ3v) is 1.25. The van der Waals surface area contributed by atoms with Gasteiger partial charge in [-0.15, -0.1) is 0 Å². The summed E-state index contributed by atoms with van der Waals surface area (Å²) >= 11 is 0. The van der Waals surface area contributed by atoms with E-state index in [-0.39, 0.29) is 17.1 Å². The molecule has 0 spiro atoms. The van der Waals surface area contributed by atoms with E-state index < -0.39 is 5.97 Å². The fourth-order valence-corrected chi connectivity index (χ4v) is 0.760. The van der Waals surface area contributed by atoms with E-state index in [1.54, 1.807) is 0 Å². The Morgan fingerprint density at radius 1 is 1.83 bits per heavy atom. The second kappa shape index (κ2) is 3.04. The van der Waals surface area contributed by atoms with Crippen molar-refractivity contribution in [1.82, 2.24) is 5.16 Å². The molecule has 1 aromatic heterocycles. The molecule has 0 radical (unpaired) electrons. The van der Waals surface area contributed by atoms with E-state index in [0.29, 0.717) is 0 Å². The number of aromatic carboxylic acids is 1. The molecule has 1 heterocycles. The van der Waals surface area contributed by atoms with E-state index in [1.165, 1.54) is 6.92 Å². The van der Waals surface area contributed by atoms with Crippen LogP contribution >= 0.6 is 0 Å². The molecule has 6 nitrogen and oxygen atoms in total. The highest BCUT2D eigenvalue weighted by molar-refractivity contribution is 5.93. The minimum Gasteiger partial charge on any atom is -0.477 e. The summed E-state index contributed by atoms with van der Waals surface area (Å²) in [6.45, 7) is 1.52. The van der Waals surface area contributed by atoms with Gasteiger partial charge in [0, 0.05) is 0 Å². The zero-order valence-electron chi connectivity index (χ0n) is 6.31. The number of carboxylic acid groups (broad SMARTS) is 1. The van der Waals surface area contributed by atoms with Gasteiger partial charge in [-0.25, -0.2) is 9.79 Å². The van der Waals surface area contributed by atoms with Gasteiger partial charge in [-0.2, -0.15) is 0 Å². The predicted octanol–water partition coefficient (Wildman–Crippen LogP) is 0.300. The van der Waals surface area contributed by atoms with Crippen molar-refractivity contribution in [2.75, 3.05) is 0 Å². The molecule has 0 aliphatic carbocycles. The van der Waals surface area contributed by atoms with Crippen molar-refractivity contribution < 1.29 is 14.4 Å². The Balaban J connectivity index is 3.21. The molecule has 0 aliphatic heterocycles. The second-order valence-corrected chi connectivity index (χ2v) is 2.03. The van der Waals surface area contributed by atoms with Gasteiger partial charge in [0.05, 0.1) is 12.0 Å². The first-order valence-corrected chi connectivity index (χ1v) is 3.10. The van der Waals surface area contributed by atoms with Gasteiger partial charge in [-0.1, -0.05) is 5.16 Å². The average molecular weight is 169 g/mol. The number of carbonyl (C=O) groups is 1. The zero-order chi connectivity index (χ0) is 9.14. The van der Waals surface area contributed by atoms with Gasteiger partial charge < -0.3 is 15.4 Å². The molecule has 0 atom stereocenters. The first-order valence-electron chi connectivity index (χ1n) is 3.10. The molecule has 3 N–H and O–H groups in total. The smallest absolute Gasteiger partial charge is 0.343 e. The molecule has 0 aliphatic rings. The zero-order valence-corrected chi connectivity index (χ0v) is 6.31. The lowest BCUT2D eigenvalue weighted by atomic mass is 10.2. The summed E-state index contributed by atoms with van der Waals surface area (Å²) < 4.78 is 4.59. The lowest BCUT2D eigenvalue weighted by Gasteiger charge is -1.87. The molecule has 64 valence electrons. The largest absolute Gasteiger partial charge is 0.477 e. The van der Waals surface area contributed by atoms with Crippen LogP contribution in [-0.2, 0) is 0 Å². The van der Waals surface area contributed by atoms with Gasteiger partial charge in [0.25, 0.3) is 5.88 Å². The van der Waals surface area contributed by atoms with Crippen molar-refractivity contribution >= 4 is 18.2 Å². The van der Waals surface area contributed by atoms with Crippen LogP contribution in [-0.4, -0.2) is 22.6 Å². The molecule has 6 heteroatoms. The van der Waals surface area contributed by atoms with Crippen molar-refractivity contribution in [3.05, 3.63) is 11.3 Å². The van der Waals surface area contributed by atoms with Crippen molar-refractivity contribution in [1.29, 1.82) is 0 Å². The lowest BCUT2D eigenvalue weighted by Crippen LogP contribution is -1.97. The highest BCUT2D eigenvalue weighted by Crippen LogP contribution is 2.21. The topological polar surface area (TPSA) is 102 Å². The monoisotopic (exact) mass is 169 g/mol. The Morgan fingerprint density at radius 2 is 2.50 bits per heavy atom. The lowest BCUT2D eigenvalue weighted by molar-refractivity contribution is 0.0696. The highest BCUT2D eigenvalue weighted by Gasteiger charge is 2.18. The molecule has 12 heavy (non-hydrogen) atoms. The number of aryl methyl sites for hydroxylation is 1. The number of hydrogen-bond acceptors (Lipinski definition) is 4. The molecular weight excluding hydrogens is 162 g/mol. The van der Waals surface area contributed by atoms with Crippen LogP contribution in [0, 0.1) is 6.92 Å². The van der Waals surface area contributed by atoms with E-state index >= 15 is 0 Å². The summed E-state index contributed by atoms with van der Waals surface area (Å²) in [5.74, 6) is -1.21. The number of rotatable bonds is 2. The van der Waals surface area contributed by atoms with E-state index in [1.807, 2.05) is 0 Å². The van der Waals surface area contributed by atoms with Crippen LogP contribution in [0.3, 0.4) is 0 Å². The standard InChI is InChI=1S/C6H7N3O3/c1-3-4(6(10)11)5(8-2-7)12-9-3/h2H,1H3,(H2,7,8)(H,10,11). The van der Waals surface area contributed by atoms with Gasteiger partial charge in [-0.3, -0.25) is 0 Å². The maximum Gasteiger partial charge on any atom is 0.343 e. The number of aromatic nitrogens is 1. The minimum absolute atomic E-state index is 0.0586. The molecule has 1 rings (SSSR count). The first kappa shape index (κ1) is 8.25. The summed E-state index contributed by atoms with van der Waals surface area (Å²) in [5.41, 5.74) is 5.19. The van der Waals surface area contributed by atoms with Crippen LogP contribution in [0.2, 0.25) is 0 Å². The van der Waals surface area contributed by atoms with E-state index in [9.17, 15) is 4.79 Å². The molecule has 0 amide bonds. The van der Waals surface area contributed by atoms with E-state index in [0.717, 1.165) is 6.34 Å². The Kier molecular flexibility index (Phi) is 2.09. The normalized spacial score (nSPS) is 10.8. The highest BCUT2D eigenvalue weighted by atomic mass is 16.5. The van der Waals surface area contributed by atoms with Gasteiger partial charge in [0.2, 0.25) is 0 Å². The summed E-state index contributed by atoms with van der Waals surface area (Å²) in [6.07, 6.45) is 0.951. The fourth-order valence-electron chi connectivity index (χ4n) is 0.760. The molecule has 0 unspecified atom stereocenters. The minimum atomic E-state index is -1.13. The van der Waals surface area contributed by atoms with Crippen LogP contribution < -0.4 is 5.73 Å². The van der Waals surface area contributed by atoms with Crippen LogP contribution in [0.4, 0.5) is 5.88 Å². The van der Waals surface area contributed by atoms with Crippen LogP contribution in [0.5, 0.6) is 0 Å². The van der Waals surface area contributed by atoms with Crippen molar-refractivity contribution in [2.24, 2.45) is 10.7 Å². The maximum atomic E-state index is 10.6. The van der Waals surface area contributed by atoms with E-state index in [2.05, 4.69) is 14.7 Å². The number of nitrogens with two attached hydrogens (primary N) is 1. The number of aliphatic imine (C=N–C) groups is 1. The molecule has 0 aromatic carbocycles. The molecular formula is C6H7N3O3. The van der Waals surface area contributed by atoms with Gasteiger partial charge in [0.1, 0.15) is 5.56 Å². The molecule has 0 bridgehead atoms. The molecule has 1 aromatic rings. The summed E-state index contributed by atoms with van der Waals surface area (Å²) in [6, 6.07) is 0. The Bertz CT molecular complexity index is 329. The van der Waals surface area contributed by atoms with Crippen LogP contribution in [0.25, 0.3) is 0 Å².